The zero-order valence-corrected chi connectivity index (χ0v) is 11.9. The Kier molecular flexibility index (Phi) is 3.78. The van der Waals surface area contributed by atoms with Crippen LogP contribution in [0.4, 0.5) is 10.1 Å². The van der Waals surface area contributed by atoms with Crippen molar-refractivity contribution >= 4 is 33.0 Å². The van der Waals surface area contributed by atoms with Gasteiger partial charge in [-0.1, -0.05) is 0 Å². The van der Waals surface area contributed by atoms with Gasteiger partial charge in [0.25, 0.3) is 10.0 Å². The molecule has 0 atom stereocenters. The number of hydrogen-bond donors (Lipinski definition) is 2. The molecule has 0 radical (unpaired) electrons. The van der Waals surface area contributed by atoms with Gasteiger partial charge in [-0.3, -0.25) is 4.72 Å². The smallest absolute Gasteiger partial charge is 0.345 e. The monoisotopic (exact) mass is 315 g/mol. The number of halogens is 1. The number of thiophene rings is 1. The molecule has 2 rings (SSSR count). The normalized spacial score (nSPS) is 11.3. The Balaban J connectivity index is 2.32. The molecule has 106 valence electrons. The van der Waals surface area contributed by atoms with Gasteiger partial charge in [0.2, 0.25) is 0 Å². The number of aryl methyl sites for hydroxylation is 1. The van der Waals surface area contributed by atoms with Crippen molar-refractivity contribution in [1.29, 1.82) is 0 Å². The van der Waals surface area contributed by atoms with Gasteiger partial charge in [-0.05, 0) is 42.8 Å². The molecule has 1 heterocycles. The van der Waals surface area contributed by atoms with Gasteiger partial charge in [0.05, 0.1) is 5.69 Å². The zero-order chi connectivity index (χ0) is 14.9. The highest BCUT2D eigenvalue weighted by Gasteiger charge is 2.19. The number of anilines is 1. The summed E-state index contributed by atoms with van der Waals surface area (Å²) in [5.41, 5.74) is 0.660. The molecule has 0 bridgehead atoms. The first-order valence-corrected chi connectivity index (χ1v) is 7.71. The molecular formula is C12H10FNO4S2. The molecule has 0 spiro atoms. The molecule has 0 aliphatic heterocycles. The summed E-state index contributed by atoms with van der Waals surface area (Å²) >= 11 is 0.632. The molecule has 0 unspecified atom stereocenters. The summed E-state index contributed by atoms with van der Waals surface area (Å²) in [5, 5.41) is 8.77. The second-order valence-corrected chi connectivity index (χ2v) is 7.04. The highest BCUT2D eigenvalue weighted by molar-refractivity contribution is 7.94. The lowest BCUT2D eigenvalue weighted by Crippen LogP contribution is -2.11. The number of nitrogens with one attached hydrogen (secondary N) is 1. The first-order chi connectivity index (χ1) is 9.28. The van der Waals surface area contributed by atoms with Gasteiger partial charge >= 0.3 is 5.97 Å². The number of benzene rings is 1. The second kappa shape index (κ2) is 5.22. The SMILES string of the molecule is Cc1cc(F)cc(NS(=O)(=O)c2ccc(C(=O)O)s2)c1. The summed E-state index contributed by atoms with van der Waals surface area (Å²) in [6.07, 6.45) is 0. The lowest BCUT2D eigenvalue weighted by molar-refractivity contribution is 0.0702. The minimum atomic E-state index is -3.92. The van der Waals surface area contributed by atoms with E-state index in [0.717, 1.165) is 6.07 Å². The molecule has 1 aromatic heterocycles. The van der Waals surface area contributed by atoms with Crippen LogP contribution in [-0.4, -0.2) is 19.5 Å². The summed E-state index contributed by atoms with van der Waals surface area (Å²) in [5.74, 6) is -1.75. The van der Waals surface area contributed by atoms with Crippen LogP contribution in [0, 0.1) is 12.7 Å². The van der Waals surface area contributed by atoms with Gasteiger partial charge in [-0.15, -0.1) is 11.3 Å². The van der Waals surface area contributed by atoms with Crippen LogP contribution in [0.15, 0.2) is 34.5 Å². The quantitative estimate of drug-likeness (QED) is 0.908. The molecule has 0 saturated heterocycles. The van der Waals surface area contributed by atoms with Crippen molar-refractivity contribution in [3.63, 3.8) is 0 Å². The van der Waals surface area contributed by atoms with Crippen LogP contribution in [0.3, 0.4) is 0 Å². The third kappa shape index (κ3) is 3.14. The molecule has 2 N–H and O–H groups in total. The summed E-state index contributed by atoms with van der Waals surface area (Å²) in [6.45, 7) is 1.63. The van der Waals surface area contributed by atoms with Crippen molar-refractivity contribution < 1.29 is 22.7 Å². The summed E-state index contributed by atoms with van der Waals surface area (Å²) in [7, 11) is -3.92. The Morgan fingerprint density at radius 1 is 1.30 bits per heavy atom. The molecule has 0 amide bonds. The third-order valence-corrected chi connectivity index (χ3v) is 5.30. The molecule has 5 nitrogen and oxygen atoms in total. The predicted molar refractivity (Wildman–Crippen MR) is 73.2 cm³/mol. The molecule has 20 heavy (non-hydrogen) atoms. The maximum atomic E-state index is 13.2. The molecule has 0 saturated carbocycles. The first-order valence-electron chi connectivity index (χ1n) is 5.41. The highest BCUT2D eigenvalue weighted by atomic mass is 32.2. The minimum Gasteiger partial charge on any atom is -0.477 e. The fourth-order valence-electron chi connectivity index (χ4n) is 1.58. The number of carboxylic acid groups (broad SMARTS) is 1. The average molecular weight is 315 g/mol. The number of rotatable bonds is 4. The Bertz CT molecular complexity index is 747. The standard InChI is InChI=1S/C12H10FNO4S2/c1-7-4-8(13)6-9(5-7)14-20(17,18)11-3-2-10(19-11)12(15)16/h2-6,14H,1H3,(H,15,16). The first kappa shape index (κ1) is 14.5. The van der Waals surface area contributed by atoms with E-state index in [4.69, 9.17) is 5.11 Å². The second-order valence-electron chi connectivity index (χ2n) is 4.05. The fourth-order valence-corrected chi connectivity index (χ4v) is 3.77. The van der Waals surface area contributed by atoms with Gasteiger partial charge in [-0.25, -0.2) is 17.6 Å². The van der Waals surface area contributed by atoms with E-state index in [9.17, 15) is 17.6 Å². The van der Waals surface area contributed by atoms with Crippen molar-refractivity contribution in [3.05, 3.63) is 46.6 Å². The van der Waals surface area contributed by atoms with E-state index in [2.05, 4.69) is 4.72 Å². The zero-order valence-electron chi connectivity index (χ0n) is 10.3. The van der Waals surface area contributed by atoms with Crippen molar-refractivity contribution in [2.45, 2.75) is 11.1 Å². The number of carbonyl (C=O) groups is 1. The Morgan fingerprint density at radius 3 is 2.55 bits per heavy atom. The maximum Gasteiger partial charge on any atom is 0.345 e. The Morgan fingerprint density at radius 2 is 2.00 bits per heavy atom. The van der Waals surface area contributed by atoms with Crippen LogP contribution in [0.1, 0.15) is 15.2 Å². The van der Waals surface area contributed by atoms with Crippen LogP contribution in [0.2, 0.25) is 0 Å². The Labute approximate surface area is 118 Å². The van der Waals surface area contributed by atoms with Crippen LogP contribution < -0.4 is 4.72 Å². The van der Waals surface area contributed by atoms with Gasteiger partial charge in [0.15, 0.2) is 0 Å². The van der Waals surface area contributed by atoms with Crippen molar-refractivity contribution in [2.24, 2.45) is 0 Å². The van der Waals surface area contributed by atoms with E-state index < -0.39 is 21.8 Å². The van der Waals surface area contributed by atoms with E-state index in [1.54, 1.807) is 6.92 Å². The molecule has 8 heteroatoms. The van der Waals surface area contributed by atoms with Gasteiger partial charge in [0.1, 0.15) is 14.9 Å². The van der Waals surface area contributed by atoms with Crippen LogP contribution in [-0.2, 0) is 10.0 Å². The third-order valence-electron chi connectivity index (χ3n) is 2.35. The highest BCUT2D eigenvalue weighted by Crippen LogP contribution is 2.24. The molecule has 0 fully saturated rings. The van der Waals surface area contributed by atoms with E-state index in [1.807, 2.05) is 0 Å². The number of aromatic carboxylic acids is 1. The topological polar surface area (TPSA) is 83.5 Å². The molecule has 0 aliphatic carbocycles. The van der Waals surface area contributed by atoms with Crippen LogP contribution in [0.25, 0.3) is 0 Å². The molecule has 1 aromatic carbocycles. The summed E-state index contributed by atoms with van der Waals surface area (Å²) in [4.78, 5) is 10.7. The lowest BCUT2D eigenvalue weighted by atomic mass is 10.2. The molecular weight excluding hydrogens is 305 g/mol. The van der Waals surface area contributed by atoms with E-state index >= 15 is 0 Å². The van der Waals surface area contributed by atoms with E-state index in [-0.39, 0.29) is 14.8 Å². The number of hydrogen-bond acceptors (Lipinski definition) is 4. The lowest BCUT2D eigenvalue weighted by Gasteiger charge is -2.07. The summed E-state index contributed by atoms with van der Waals surface area (Å²) in [6, 6.07) is 6.20. The van der Waals surface area contributed by atoms with Gasteiger partial charge in [-0.2, -0.15) is 0 Å². The van der Waals surface area contributed by atoms with Crippen molar-refractivity contribution in [2.75, 3.05) is 4.72 Å². The maximum absolute atomic E-state index is 13.2. The average Bonchev–Trinajstić information content (AvgIpc) is 2.76. The van der Waals surface area contributed by atoms with Crippen LogP contribution in [0.5, 0.6) is 0 Å². The minimum absolute atomic E-state index is 0.0826. The van der Waals surface area contributed by atoms with E-state index in [1.165, 1.54) is 24.3 Å². The van der Waals surface area contributed by atoms with Gasteiger partial charge < -0.3 is 5.11 Å². The van der Waals surface area contributed by atoms with Gasteiger partial charge in [0, 0.05) is 0 Å². The largest absolute Gasteiger partial charge is 0.477 e. The fraction of sp³-hybridized carbons (Fsp3) is 0.0833. The van der Waals surface area contributed by atoms with Crippen LogP contribution >= 0.6 is 11.3 Å². The molecule has 2 aromatic rings. The van der Waals surface area contributed by atoms with Crippen molar-refractivity contribution in [3.8, 4) is 0 Å². The van der Waals surface area contributed by atoms with Crippen molar-refractivity contribution in [1.82, 2.24) is 0 Å². The van der Waals surface area contributed by atoms with E-state index in [0.29, 0.717) is 16.9 Å². The summed E-state index contributed by atoms with van der Waals surface area (Å²) < 4.78 is 39.4. The molecule has 0 aliphatic rings. The number of sulfonamides is 1. The Hall–Kier alpha value is -1.93. The predicted octanol–water partition coefficient (Wildman–Crippen LogP) is 2.69. The number of carboxylic acids is 1.